The zero-order valence-electron chi connectivity index (χ0n) is 22.1. The Bertz CT molecular complexity index is 1530. The number of carbonyl (C=O) groups excluding carboxylic acids is 2. The predicted molar refractivity (Wildman–Crippen MR) is 154 cm³/mol. The van der Waals surface area contributed by atoms with Crippen molar-refractivity contribution in [3.05, 3.63) is 99.5 Å². The number of imidazole rings is 1. The van der Waals surface area contributed by atoms with Gasteiger partial charge in [0.1, 0.15) is 11.5 Å². The summed E-state index contributed by atoms with van der Waals surface area (Å²) >= 11 is 3.51. The SMILES string of the molecule is CCCCc1nc(C(=O)N[C@@H](CC(=O)NO)Cc2ccccc2Br)cn1Cc1ccc(C(=O)O)c2ccccc12. The van der Waals surface area contributed by atoms with Gasteiger partial charge in [0.2, 0.25) is 5.91 Å². The fraction of sp³-hybridized carbons (Fsp3) is 0.267. The van der Waals surface area contributed by atoms with Crippen LogP contribution < -0.4 is 10.8 Å². The van der Waals surface area contributed by atoms with E-state index in [2.05, 4.69) is 33.2 Å². The van der Waals surface area contributed by atoms with Crippen molar-refractivity contribution >= 4 is 44.5 Å². The van der Waals surface area contributed by atoms with Crippen molar-refractivity contribution in [2.75, 3.05) is 0 Å². The Kier molecular flexibility index (Phi) is 9.68. The number of carboxylic acid groups (broad SMARTS) is 1. The second-order valence-electron chi connectivity index (χ2n) is 9.60. The van der Waals surface area contributed by atoms with Crippen LogP contribution in [0.3, 0.4) is 0 Å². The number of unbranched alkanes of at least 4 members (excludes halogenated alkanes) is 1. The van der Waals surface area contributed by atoms with Crippen LogP contribution in [0.25, 0.3) is 10.8 Å². The van der Waals surface area contributed by atoms with E-state index in [0.29, 0.717) is 24.8 Å². The summed E-state index contributed by atoms with van der Waals surface area (Å²) in [5.41, 5.74) is 3.91. The average molecular weight is 608 g/mol. The highest BCUT2D eigenvalue weighted by Crippen LogP contribution is 2.25. The first-order valence-corrected chi connectivity index (χ1v) is 13.9. The zero-order valence-corrected chi connectivity index (χ0v) is 23.6. The summed E-state index contributed by atoms with van der Waals surface area (Å²) in [6.07, 6.45) is 4.46. The maximum Gasteiger partial charge on any atom is 0.336 e. The maximum atomic E-state index is 13.4. The minimum absolute atomic E-state index is 0.116. The van der Waals surface area contributed by atoms with Crippen LogP contribution in [-0.2, 0) is 24.2 Å². The fourth-order valence-electron chi connectivity index (χ4n) is 4.74. The number of aromatic carboxylic acids is 1. The molecule has 0 fully saturated rings. The smallest absolute Gasteiger partial charge is 0.336 e. The Hall–Kier alpha value is -4.02. The molecule has 1 atom stereocenters. The molecule has 0 aliphatic heterocycles. The van der Waals surface area contributed by atoms with Crippen molar-refractivity contribution in [2.45, 2.75) is 51.6 Å². The van der Waals surface area contributed by atoms with Crippen LogP contribution in [0.2, 0.25) is 0 Å². The molecule has 0 unspecified atom stereocenters. The molecular formula is C30H31BrN4O5. The molecule has 1 aromatic heterocycles. The Morgan fingerprint density at radius 2 is 1.73 bits per heavy atom. The molecule has 0 saturated heterocycles. The molecule has 0 spiro atoms. The molecule has 0 bridgehead atoms. The van der Waals surface area contributed by atoms with E-state index in [4.69, 9.17) is 5.21 Å². The van der Waals surface area contributed by atoms with E-state index >= 15 is 0 Å². The molecule has 40 heavy (non-hydrogen) atoms. The van der Waals surface area contributed by atoms with Crippen LogP contribution in [0.15, 0.2) is 71.3 Å². The van der Waals surface area contributed by atoms with Gasteiger partial charge >= 0.3 is 5.97 Å². The van der Waals surface area contributed by atoms with E-state index in [1.54, 1.807) is 29.9 Å². The highest BCUT2D eigenvalue weighted by molar-refractivity contribution is 9.10. The van der Waals surface area contributed by atoms with Crippen molar-refractivity contribution in [2.24, 2.45) is 0 Å². The highest BCUT2D eigenvalue weighted by Gasteiger charge is 2.22. The van der Waals surface area contributed by atoms with E-state index in [1.807, 2.05) is 47.0 Å². The third kappa shape index (κ3) is 6.94. The second-order valence-corrected chi connectivity index (χ2v) is 10.5. The van der Waals surface area contributed by atoms with Gasteiger partial charge in [-0.05, 0) is 46.9 Å². The Balaban J connectivity index is 1.62. The summed E-state index contributed by atoms with van der Waals surface area (Å²) in [5.74, 6) is -1.28. The number of hydrogen-bond donors (Lipinski definition) is 4. The van der Waals surface area contributed by atoms with Crippen molar-refractivity contribution in [3.63, 3.8) is 0 Å². The van der Waals surface area contributed by atoms with Crippen LogP contribution in [0, 0.1) is 0 Å². The highest BCUT2D eigenvalue weighted by atomic mass is 79.9. The molecule has 1 heterocycles. The Morgan fingerprint density at radius 3 is 2.42 bits per heavy atom. The van der Waals surface area contributed by atoms with Gasteiger partial charge in [0.15, 0.2) is 0 Å². The number of aryl methyl sites for hydroxylation is 1. The number of hydrogen-bond acceptors (Lipinski definition) is 5. The number of rotatable bonds is 12. The average Bonchev–Trinajstić information content (AvgIpc) is 3.35. The van der Waals surface area contributed by atoms with Gasteiger partial charge in [0.25, 0.3) is 5.91 Å². The number of carboxylic acids is 1. The summed E-state index contributed by atoms with van der Waals surface area (Å²) in [5, 5.41) is 23.1. The number of nitrogens with one attached hydrogen (secondary N) is 2. The fourth-order valence-corrected chi connectivity index (χ4v) is 5.18. The van der Waals surface area contributed by atoms with Crippen LogP contribution in [-0.4, -0.2) is 43.7 Å². The molecule has 4 rings (SSSR count). The lowest BCUT2D eigenvalue weighted by Crippen LogP contribution is -2.40. The van der Waals surface area contributed by atoms with Gasteiger partial charge in [-0.2, -0.15) is 0 Å². The largest absolute Gasteiger partial charge is 0.478 e. The number of carbonyl (C=O) groups is 3. The third-order valence-electron chi connectivity index (χ3n) is 6.75. The van der Waals surface area contributed by atoms with Crippen LogP contribution >= 0.6 is 15.9 Å². The van der Waals surface area contributed by atoms with Gasteiger partial charge in [0.05, 0.1) is 5.56 Å². The molecule has 2 amide bonds. The van der Waals surface area contributed by atoms with E-state index < -0.39 is 23.8 Å². The number of amides is 2. The standard InChI is InChI=1S/C30H31BrN4O5/c1-2-3-12-27-33-26(29(37)32-21(16-28(36)34-40)15-19-8-4-7-11-25(19)31)18-35(27)17-20-13-14-24(30(38)39)23-10-6-5-9-22(20)23/h4-11,13-14,18,21,40H,2-3,12,15-17H2,1H3,(H,32,37)(H,34,36)(H,38,39)/t21-/m1/s1. The van der Waals surface area contributed by atoms with Crippen LogP contribution in [0.5, 0.6) is 0 Å². The number of halogens is 1. The summed E-state index contributed by atoms with van der Waals surface area (Å²) < 4.78 is 2.78. The summed E-state index contributed by atoms with van der Waals surface area (Å²) in [4.78, 5) is 41.7. The molecule has 4 N–H and O–H groups in total. The molecule has 0 aliphatic carbocycles. The topological polar surface area (TPSA) is 134 Å². The Morgan fingerprint density at radius 1 is 1.00 bits per heavy atom. The lowest BCUT2D eigenvalue weighted by atomic mass is 9.99. The van der Waals surface area contributed by atoms with Crippen molar-refractivity contribution < 1.29 is 24.7 Å². The molecule has 0 radical (unpaired) electrons. The van der Waals surface area contributed by atoms with Gasteiger partial charge < -0.3 is 15.0 Å². The molecule has 3 aromatic carbocycles. The number of hydroxylamine groups is 1. The minimum Gasteiger partial charge on any atom is -0.478 e. The molecule has 9 nitrogen and oxygen atoms in total. The molecule has 4 aromatic rings. The van der Waals surface area contributed by atoms with Gasteiger partial charge in [-0.3, -0.25) is 14.8 Å². The quantitative estimate of drug-likeness (QED) is 0.131. The third-order valence-corrected chi connectivity index (χ3v) is 7.52. The monoisotopic (exact) mass is 606 g/mol. The first kappa shape index (κ1) is 29.0. The molecular weight excluding hydrogens is 576 g/mol. The van der Waals surface area contributed by atoms with Crippen LogP contribution in [0.4, 0.5) is 0 Å². The molecule has 0 saturated carbocycles. The van der Waals surface area contributed by atoms with Gasteiger partial charge in [0, 0.05) is 36.1 Å². The van der Waals surface area contributed by atoms with E-state index in [9.17, 15) is 19.5 Å². The number of fused-ring (bicyclic) bond motifs is 1. The molecule has 208 valence electrons. The number of aromatic nitrogens is 2. The first-order valence-electron chi connectivity index (χ1n) is 13.1. The minimum atomic E-state index is -0.986. The molecule has 10 heteroatoms. The molecule has 0 aliphatic rings. The lowest BCUT2D eigenvalue weighted by molar-refractivity contribution is -0.129. The summed E-state index contributed by atoms with van der Waals surface area (Å²) in [6.45, 7) is 2.49. The van der Waals surface area contributed by atoms with Crippen molar-refractivity contribution in [1.29, 1.82) is 0 Å². The van der Waals surface area contributed by atoms with Gasteiger partial charge in [-0.15, -0.1) is 0 Å². The summed E-state index contributed by atoms with van der Waals surface area (Å²) in [6, 6.07) is 17.7. The Labute approximate surface area is 240 Å². The zero-order chi connectivity index (χ0) is 28.6. The lowest BCUT2D eigenvalue weighted by Gasteiger charge is -2.18. The van der Waals surface area contributed by atoms with Crippen molar-refractivity contribution in [3.8, 4) is 0 Å². The number of benzene rings is 3. The second kappa shape index (κ2) is 13.4. The van der Waals surface area contributed by atoms with E-state index in [1.165, 1.54) is 0 Å². The predicted octanol–water partition coefficient (Wildman–Crippen LogP) is 5.12. The van der Waals surface area contributed by atoms with E-state index in [0.717, 1.165) is 39.7 Å². The number of nitrogens with zero attached hydrogens (tertiary/aromatic N) is 2. The maximum absolute atomic E-state index is 13.4. The normalized spacial score (nSPS) is 11.8. The summed E-state index contributed by atoms with van der Waals surface area (Å²) in [7, 11) is 0. The first-order chi connectivity index (χ1) is 19.3. The van der Waals surface area contributed by atoms with E-state index in [-0.39, 0.29) is 17.7 Å². The van der Waals surface area contributed by atoms with Crippen molar-refractivity contribution in [1.82, 2.24) is 20.3 Å². The van der Waals surface area contributed by atoms with Crippen LogP contribution in [0.1, 0.15) is 64.0 Å². The van der Waals surface area contributed by atoms with Gasteiger partial charge in [-0.1, -0.05) is 77.8 Å². The van der Waals surface area contributed by atoms with Gasteiger partial charge in [-0.25, -0.2) is 15.3 Å².